The lowest BCUT2D eigenvalue weighted by molar-refractivity contribution is 0.187. The maximum absolute atomic E-state index is 11.2. The van der Waals surface area contributed by atoms with Crippen LogP contribution in [0, 0.1) is 0 Å². The molecule has 7 nitrogen and oxygen atoms in total. The number of guanidine groups is 1. The summed E-state index contributed by atoms with van der Waals surface area (Å²) in [5.74, 6) is 0.683. The van der Waals surface area contributed by atoms with Gasteiger partial charge in [-0.25, -0.2) is 9.79 Å². The van der Waals surface area contributed by atoms with Crippen molar-refractivity contribution in [1.29, 1.82) is 0 Å². The topological polar surface area (TPSA) is 95.0 Å². The standard InChI is InChI=1S/C21H28N4O3/c1-3-22-20(24-14-18(15-26)17-7-5-4-6-8-17)23-13-16-9-11-19(12-10-16)25-21(27)28-2/h4-12,18,26H,3,13-15H2,1-2H3,(H,25,27)(H2,22,23,24). The van der Waals surface area contributed by atoms with Crippen LogP contribution in [0.25, 0.3) is 0 Å². The molecule has 7 heteroatoms. The van der Waals surface area contributed by atoms with Crippen LogP contribution in [-0.2, 0) is 11.3 Å². The molecule has 2 aromatic carbocycles. The molecule has 1 atom stereocenters. The van der Waals surface area contributed by atoms with Gasteiger partial charge in [-0.1, -0.05) is 42.5 Å². The van der Waals surface area contributed by atoms with Crippen LogP contribution in [0.3, 0.4) is 0 Å². The molecule has 0 bridgehead atoms. The van der Waals surface area contributed by atoms with Gasteiger partial charge in [0.1, 0.15) is 0 Å². The van der Waals surface area contributed by atoms with E-state index in [-0.39, 0.29) is 12.5 Å². The van der Waals surface area contributed by atoms with Crippen molar-refractivity contribution in [3.63, 3.8) is 0 Å². The van der Waals surface area contributed by atoms with Gasteiger partial charge in [-0.2, -0.15) is 0 Å². The average Bonchev–Trinajstić information content (AvgIpc) is 2.74. The summed E-state index contributed by atoms with van der Waals surface area (Å²) in [6.07, 6.45) is -0.499. The second kappa shape index (κ2) is 11.6. The van der Waals surface area contributed by atoms with Gasteiger partial charge in [0.2, 0.25) is 0 Å². The zero-order chi connectivity index (χ0) is 20.2. The maximum Gasteiger partial charge on any atom is 0.411 e. The summed E-state index contributed by atoms with van der Waals surface area (Å²) in [4.78, 5) is 15.8. The van der Waals surface area contributed by atoms with Crippen LogP contribution in [0.4, 0.5) is 10.5 Å². The number of hydrogen-bond acceptors (Lipinski definition) is 4. The van der Waals surface area contributed by atoms with E-state index in [1.807, 2.05) is 49.4 Å². The Kier molecular flexibility index (Phi) is 8.81. The number of carbonyl (C=O) groups excluding carboxylic acids is 1. The number of nitrogens with one attached hydrogen (secondary N) is 3. The van der Waals surface area contributed by atoms with Crippen molar-refractivity contribution in [2.24, 2.45) is 4.99 Å². The molecule has 1 unspecified atom stereocenters. The fourth-order valence-electron chi connectivity index (χ4n) is 2.61. The van der Waals surface area contributed by atoms with Crippen molar-refractivity contribution >= 4 is 17.7 Å². The first-order valence-corrected chi connectivity index (χ1v) is 9.28. The molecule has 0 fully saturated rings. The molecule has 0 aliphatic heterocycles. The zero-order valence-electron chi connectivity index (χ0n) is 16.3. The summed E-state index contributed by atoms with van der Waals surface area (Å²) in [6, 6.07) is 17.3. The molecule has 0 saturated carbocycles. The average molecular weight is 384 g/mol. The predicted molar refractivity (Wildman–Crippen MR) is 112 cm³/mol. The smallest absolute Gasteiger partial charge is 0.411 e. The third kappa shape index (κ3) is 6.92. The van der Waals surface area contributed by atoms with Gasteiger partial charge in [0.25, 0.3) is 0 Å². The molecule has 0 aromatic heterocycles. The molecule has 0 saturated heterocycles. The first-order valence-electron chi connectivity index (χ1n) is 9.28. The van der Waals surface area contributed by atoms with Crippen LogP contribution in [0.15, 0.2) is 59.6 Å². The number of benzene rings is 2. The molecule has 0 spiro atoms. The Labute approximate surface area is 165 Å². The normalized spacial score (nSPS) is 12.2. The number of methoxy groups -OCH3 is 1. The quantitative estimate of drug-likeness (QED) is 0.415. The highest BCUT2D eigenvalue weighted by atomic mass is 16.5. The summed E-state index contributed by atoms with van der Waals surface area (Å²) in [7, 11) is 1.33. The molecule has 0 aliphatic carbocycles. The molecule has 1 amide bonds. The minimum Gasteiger partial charge on any atom is -0.453 e. The monoisotopic (exact) mass is 384 g/mol. The van der Waals surface area contributed by atoms with Crippen molar-refractivity contribution in [3.8, 4) is 0 Å². The van der Waals surface area contributed by atoms with E-state index in [0.29, 0.717) is 24.7 Å². The Hall–Kier alpha value is -3.06. The number of hydrogen-bond donors (Lipinski definition) is 4. The van der Waals surface area contributed by atoms with E-state index in [1.165, 1.54) is 7.11 Å². The van der Waals surface area contributed by atoms with Gasteiger partial charge in [0, 0.05) is 24.7 Å². The largest absolute Gasteiger partial charge is 0.453 e. The lowest BCUT2D eigenvalue weighted by Crippen LogP contribution is -2.39. The van der Waals surface area contributed by atoms with Crippen molar-refractivity contribution in [3.05, 3.63) is 65.7 Å². The number of aliphatic hydroxyl groups is 1. The van der Waals surface area contributed by atoms with Crippen molar-refractivity contribution in [2.75, 3.05) is 32.1 Å². The van der Waals surface area contributed by atoms with Gasteiger partial charge in [-0.15, -0.1) is 0 Å². The minimum atomic E-state index is -0.499. The highest BCUT2D eigenvalue weighted by Crippen LogP contribution is 2.14. The van der Waals surface area contributed by atoms with Crippen LogP contribution < -0.4 is 16.0 Å². The zero-order valence-corrected chi connectivity index (χ0v) is 16.3. The van der Waals surface area contributed by atoms with Gasteiger partial charge >= 0.3 is 6.09 Å². The summed E-state index contributed by atoms with van der Waals surface area (Å²) < 4.78 is 4.57. The number of aliphatic imine (C=N–C) groups is 1. The third-order valence-electron chi connectivity index (χ3n) is 4.16. The van der Waals surface area contributed by atoms with Crippen LogP contribution in [-0.4, -0.2) is 44.0 Å². The van der Waals surface area contributed by atoms with Crippen molar-refractivity contribution in [2.45, 2.75) is 19.4 Å². The van der Waals surface area contributed by atoms with Gasteiger partial charge in [0.05, 0.1) is 20.3 Å². The van der Waals surface area contributed by atoms with Crippen LogP contribution in [0.5, 0.6) is 0 Å². The number of rotatable bonds is 8. The van der Waals surface area contributed by atoms with Gasteiger partial charge in [-0.3, -0.25) is 5.32 Å². The molecule has 0 aliphatic rings. The summed E-state index contributed by atoms with van der Waals surface area (Å²) in [6.45, 7) is 3.87. The number of carbonyl (C=O) groups is 1. The third-order valence-corrected chi connectivity index (χ3v) is 4.16. The molecule has 0 radical (unpaired) electrons. The molecule has 150 valence electrons. The molecule has 2 aromatic rings. The van der Waals surface area contributed by atoms with E-state index >= 15 is 0 Å². The maximum atomic E-state index is 11.2. The number of amides is 1. The summed E-state index contributed by atoms with van der Waals surface area (Å²) in [5, 5.41) is 18.8. The Balaban J connectivity index is 1.95. The van der Waals surface area contributed by atoms with Crippen LogP contribution in [0.1, 0.15) is 24.0 Å². The summed E-state index contributed by atoms with van der Waals surface area (Å²) in [5.41, 5.74) is 2.76. The Morgan fingerprint density at radius 2 is 1.82 bits per heavy atom. The Morgan fingerprint density at radius 1 is 1.11 bits per heavy atom. The first kappa shape index (κ1) is 21.2. The highest BCUT2D eigenvalue weighted by molar-refractivity contribution is 5.84. The lowest BCUT2D eigenvalue weighted by atomic mass is 10.0. The molecule has 28 heavy (non-hydrogen) atoms. The second-order valence-corrected chi connectivity index (χ2v) is 6.18. The SMILES string of the molecule is CCNC(=NCc1ccc(NC(=O)OC)cc1)NCC(CO)c1ccccc1. The lowest BCUT2D eigenvalue weighted by Gasteiger charge is -2.18. The molecule has 2 rings (SSSR count). The molecule has 0 heterocycles. The van der Waals surface area contributed by atoms with Crippen LogP contribution >= 0.6 is 0 Å². The number of ether oxygens (including phenoxy) is 1. The van der Waals surface area contributed by atoms with E-state index in [1.54, 1.807) is 12.1 Å². The molecule has 4 N–H and O–H groups in total. The van der Waals surface area contributed by atoms with E-state index in [9.17, 15) is 9.90 Å². The van der Waals surface area contributed by atoms with Gasteiger partial charge in [-0.05, 0) is 30.2 Å². The van der Waals surface area contributed by atoms with Crippen molar-refractivity contribution in [1.82, 2.24) is 10.6 Å². The number of aliphatic hydroxyl groups excluding tert-OH is 1. The molecular weight excluding hydrogens is 356 g/mol. The van der Waals surface area contributed by atoms with E-state index in [2.05, 4.69) is 25.7 Å². The van der Waals surface area contributed by atoms with Crippen LogP contribution in [0.2, 0.25) is 0 Å². The summed E-state index contributed by atoms with van der Waals surface area (Å²) >= 11 is 0. The predicted octanol–water partition coefficient (Wildman–Crippen LogP) is 2.70. The van der Waals surface area contributed by atoms with E-state index < -0.39 is 6.09 Å². The number of anilines is 1. The Morgan fingerprint density at radius 3 is 2.43 bits per heavy atom. The molecular formula is C21H28N4O3. The van der Waals surface area contributed by atoms with E-state index in [0.717, 1.165) is 17.7 Å². The first-order chi connectivity index (χ1) is 13.7. The van der Waals surface area contributed by atoms with Gasteiger partial charge < -0.3 is 20.5 Å². The fraction of sp³-hybridized carbons (Fsp3) is 0.333. The van der Waals surface area contributed by atoms with E-state index in [4.69, 9.17) is 0 Å². The van der Waals surface area contributed by atoms with Crippen molar-refractivity contribution < 1.29 is 14.6 Å². The fourth-order valence-corrected chi connectivity index (χ4v) is 2.61. The highest BCUT2D eigenvalue weighted by Gasteiger charge is 2.10. The Bertz CT molecular complexity index is 748. The minimum absolute atomic E-state index is 0.00580. The van der Waals surface area contributed by atoms with Gasteiger partial charge in [0.15, 0.2) is 5.96 Å². The second-order valence-electron chi connectivity index (χ2n) is 6.18. The number of nitrogens with zero attached hydrogens (tertiary/aromatic N) is 1.